The first-order chi connectivity index (χ1) is 7.92. The smallest absolute Gasteiger partial charge is 0.213 e. The maximum Gasteiger partial charge on any atom is 0.213 e. The number of nitrogens with zero attached hydrogens (tertiary/aromatic N) is 1. The SMILES string of the molecule is CC(C)NCCCCS(=O)(=O)N(C)CC1CC1. The van der Waals surface area contributed by atoms with E-state index in [1.54, 1.807) is 11.4 Å². The summed E-state index contributed by atoms with van der Waals surface area (Å²) in [5.74, 6) is 0.910. The molecule has 1 aliphatic carbocycles. The first-order valence-electron chi connectivity index (χ1n) is 6.59. The fraction of sp³-hybridized carbons (Fsp3) is 1.00. The Labute approximate surface area is 106 Å². The van der Waals surface area contributed by atoms with Crippen LogP contribution in [0, 0.1) is 5.92 Å². The summed E-state index contributed by atoms with van der Waals surface area (Å²) in [6, 6.07) is 0.476. The molecule has 0 aromatic carbocycles. The minimum atomic E-state index is -3.01. The molecule has 0 heterocycles. The second-order valence-corrected chi connectivity index (χ2v) is 7.55. The number of nitrogens with one attached hydrogen (secondary N) is 1. The highest BCUT2D eigenvalue weighted by Crippen LogP contribution is 2.30. The van der Waals surface area contributed by atoms with E-state index in [1.165, 1.54) is 12.8 Å². The molecule has 0 bridgehead atoms. The summed E-state index contributed by atoms with van der Waals surface area (Å²) >= 11 is 0. The standard InChI is InChI=1S/C12H26N2O2S/c1-11(2)13-8-4-5-9-17(15,16)14(3)10-12-6-7-12/h11-13H,4-10H2,1-3H3. The van der Waals surface area contributed by atoms with E-state index in [-0.39, 0.29) is 5.75 Å². The quantitative estimate of drug-likeness (QED) is 0.640. The summed E-state index contributed by atoms with van der Waals surface area (Å²) in [5.41, 5.74) is 0. The molecule has 1 aliphatic rings. The molecule has 17 heavy (non-hydrogen) atoms. The topological polar surface area (TPSA) is 49.4 Å². The minimum absolute atomic E-state index is 0.288. The normalized spacial score (nSPS) is 17.0. The zero-order chi connectivity index (χ0) is 12.9. The molecule has 0 atom stereocenters. The van der Waals surface area contributed by atoms with E-state index in [4.69, 9.17) is 0 Å². The van der Waals surface area contributed by atoms with Crippen LogP contribution in [0.25, 0.3) is 0 Å². The van der Waals surface area contributed by atoms with Gasteiger partial charge in [0.05, 0.1) is 5.75 Å². The number of rotatable bonds is 9. The summed E-state index contributed by atoms with van der Waals surface area (Å²) in [6.07, 6.45) is 4.06. The lowest BCUT2D eigenvalue weighted by atomic mass is 10.3. The summed E-state index contributed by atoms with van der Waals surface area (Å²) in [6.45, 7) is 5.81. The van der Waals surface area contributed by atoms with Gasteiger partial charge in [0.2, 0.25) is 10.0 Å². The third-order valence-corrected chi connectivity index (χ3v) is 4.97. The minimum Gasteiger partial charge on any atom is -0.315 e. The van der Waals surface area contributed by atoms with Gasteiger partial charge in [0.15, 0.2) is 0 Å². The van der Waals surface area contributed by atoms with E-state index in [2.05, 4.69) is 19.2 Å². The van der Waals surface area contributed by atoms with Crippen LogP contribution in [0.15, 0.2) is 0 Å². The second-order valence-electron chi connectivity index (χ2n) is 5.36. The van der Waals surface area contributed by atoms with E-state index in [9.17, 15) is 8.42 Å². The Balaban J connectivity index is 2.14. The number of sulfonamides is 1. The molecule has 0 aromatic heterocycles. The monoisotopic (exact) mass is 262 g/mol. The van der Waals surface area contributed by atoms with Crippen molar-refractivity contribution in [2.24, 2.45) is 5.92 Å². The first-order valence-corrected chi connectivity index (χ1v) is 8.20. The lowest BCUT2D eigenvalue weighted by molar-refractivity contribution is 0.450. The Kier molecular flexibility index (Phi) is 5.89. The van der Waals surface area contributed by atoms with Crippen molar-refractivity contribution in [3.05, 3.63) is 0 Å². The van der Waals surface area contributed by atoms with Gasteiger partial charge in [0, 0.05) is 19.6 Å². The van der Waals surface area contributed by atoms with Gasteiger partial charge in [-0.15, -0.1) is 0 Å². The van der Waals surface area contributed by atoms with E-state index in [0.29, 0.717) is 18.5 Å². The highest BCUT2D eigenvalue weighted by Gasteiger charge is 2.27. The molecule has 1 saturated carbocycles. The Morgan fingerprint density at radius 1 is 1.29 bits per heavy atom. The maximum absolute atomic E-state index is 11.9. The van der Waals surface area contributed by atoms with Crippen molar-refractivity contribution in [3.8, 4) is 0 Å². The van der Waals surface area contributed by atoms with Crippen LogP contribution in [0.5, 0.6) is 0 Å². The van der Waals surface area contributed by atoms with E-state index < -0.39 is 10.0 Å². The van der Waals surface area contributed by atoms with Crippen LogP contribution < -0.4 is 5.32 Å². The van der Waals surface area contributed by atoms with Gasteiger partial charge in [0.25, 0.3) is 0 Å². The molecule has 1 N–H and O–H groups in total. The highest BCUT2D eigenvalue weighted by molar-refractivity contribution is 7.89. The molecule has 0 aliphatic heterocycles. The van der Waals surface area contributed by atoms with Crippen molar-refractivity contribution < 1.29 is 8.42 Å². The average Bonchev–Trinajstić information content (AvgIpc) is 3.00. The van der Waals surface area contributed by atoms with Gasteiger partial charge < -0.3 is 5.32 Å². The zero-order valence-electron chi connectivity index (χ0n) is 11.3. The Morgan fingerprint density at radius 2 is 1.94 bits per heavy atom. The van der Waals surface area contributed by atoms with Gasteiger partial charge in [-0.1, -0.05) is 13.8 Å². The Bertz CT molecular complexity index is 310. The molecule has 4 nitrogen and oxygen atoms in total. The molecule has 0 radical (unpaired) electrons. The maximum atomic E-state index is 11.9. The summed E-state index contributed by atoms with van der Waals surface area (Å²) in [7, 11) is -1.30. The molecule has 0 saturated heterocycles. The molecule has 0 aromatic rings. The number of unbranched alkanes of at least 4 members (excludes halogenated alkanes) is 1. The lowest BCUT2D eigenvalue weighted by Gasteiger charge is -2.16. The van der Waals surface area contributed by atoms with Gasteiger partial charge in [-0.3, -0.25) is 0 Å². The first kappa shape index (κ1) is 14.9. The van der Waals surface area contributed by atoms with Crippen molar-refractivity contribution >= 4 is 10.0 Å². The van der Waals surface area contributed by atoms with Gasteiger partial charge in [-0.05, 0) is 38.1 Å². The van der Waals surface area contributed by atoms with E-state index in [1.807, 2.05) is 0 Å². The lowest BCUT2D eigenvalue weighted by Crippen LogP contribution is -2.31. The van der Waals surface area contributed by atoms with Crippen LogP contribution in [0.4, 0.5) is 0 Å². The fourth-order valence-electron chi connectivity index (χ4n) is 1.73. The molecule has 0 spiro atoms. The molecule has 1 fully saturated rings. The van der Waals surface area contributed by atoms with Crippen molar-refractivity contribution in [1.29, 1.82) is 0 Å². The molecular weight excluding hydrogens is 236 g/mol. The summed E-state index contributed by atoms with van der Waals surface area (Å²) in [5, 5.41) is 3.29. The highest BCUT2D eigenvalue weighted by atomic mass is 32.2. The van der Waals surface area contributed by atoms with Crippen LogP contribution in [-0.4, -0.2) is 44.7 Å². The Morgan fingerprint density at radius 3 is 2.47 bits per heavy atom. The predicted octanol–water partition coefficient (Wildman–Crippen LogP) is 1.44. The molecule has 5 heteroatoms. The molecule has 0 amide bonds. The van der Waals surface area contributed by atoms with Crippen molar-refractivity contribution in [1.82, 2.24) is 9.62 Å². The van der Waals surface area contributed by atoms with Gasteiger partial charge >= 0.3 is 0 Å². The van der Waals surface area contributed by atoms with Crippen LogP contribution >= 0.6 is 0 Å². The van der Waals surface area contributed by atoms with E-state index >= 15 is 0 Å². The predicted molar refractivity (Wildman–Crippen MR) is 71.5 cm³/mol. The van der Waals surface area contributed by atoms with Crippen molar-refractivity contribution in [2.45, 2.75) is 45.6 Å². The third-order valence-electron chi connectivity index (χ3n) is 3.07. The van der Waals surface area contributed by atoms with Crippen molar-refractivity contribution in [3.63, 3.8) is 0 Å². The molecule has 1 rings (SSSR count). The largest absolute Gasteiger partial charge is 0.315 e. The second kappa shape index (κ2) is 6.71. The Hall–Kier alpha value is -0.130. The molecule has 102 valence electrons. The fourth-order valence-corrected chi connectivity index (χ4v) is 3.05. The summed E-state index contributed by atoms with van der Waals surface area (Å²) in [4.78, 5) is 0. The van der Waals surface area contributed by atoms with Crippen LogP contribution in [0.3, 0.4) is 0 Å². The van der Waals surface area contributed by atoms with Gasteiger partial charge in [-0.25, -0.2) is 12.7 Å². The van der Waals surface area contributed by atoms with Crippen LogP contribution in [0.1, 0.15) is 39.5 Å². The van der Waals surface area contributed by atoms with Gasteiger partial charge in [-0.2, -0.15) is 0 Å². The van der Waals surface area contributed by atoms with Crippen molar-refractivity contribution in [2.75, 3.05) is 25.9 Å². The van der Waals surface area contributed by atoms with Gasteiger partial charge in [0.1, 0.15) is 0 Å². The number of hydrogen-bond donors (Lipinski definition) is 1. The number of hydrogen-bond acceptors (Lipinski definition) is 3. The summed E-state index contributed by atoms with van der Waals surface area (Å²) < 4.78 is 25.3. The average molecular weight is 262 g/mol. The molecular formula is C12H26N2O2S. The molecule has 0 unspecified atom stereocenters. The third kappa shape index (κ3) is 6.38. The zero-order valence-corrected chi connectivity index (χ0v) is 12.1. The van der Waals surface area contributed by atoms with E-state index in [0.717, 1.165) is 19.4 Å². The van der Waals surface area contributed by atoms with Crippen LogP contribution in [-0.2, 0) is 10.0 Å². The van der Waals surface area contributed by atoms with Crippen LogP contribution in [0.2, 0.25) is 0 Å².